The fraction of sp³-hybridized carbons (Fsp3) is 0.286. The summed E-state index contributed by atoms with van der Waals surface area (Å²) in [5, 5.41) is 2.00. The highest BCUT2D eigenvalue weighted by Gasteiger charge is 2.21. The lowest BCUT2D eigenvalue weighted by atomic mass is 10.0. The largest absolute Gasteiger partial charge is 0.496 e. The van der Waals surface area contributed by atoms with E-state index >= 15 is 0 Å². The Morgan fingerprint density at radius 3 is 2.05 bits per heavy atom. The highest BCUT2D eigenvalue weighted by atomic mass is 35.5. The normalized spacial score (nSPS) is 11.4. The second kappa shape index (κ2) is 7.38. The van der Waals surface area contributed by atoms with Gasteiger partial charge in [0.1, 0.15) is 17.2 Å². The van der Waals surface area contributed by atoms with E-state index in [1.165, 1.54) is 0 Å². The molecular weight excluding hydrogens is 298 g/mol. The monoisotopic (exact) mass is 315 g/mol. The number of thiophene rings is 1. The molecule has 2 aromatic rings. The van der Waals surface area contributed by atoms with E-state index in [9.17, 15) is 0 Å². The molecule has 1 aromatic carbocycles. The van der Waals surface area contributed by atoms with Crippen LogP contribution >= 0.6 is 23.7 Å². The van der Waals surface area contributed by atoms with E-state index in [1.54, 1.807) is 32.7 Å². The molecule has 0 aliphatic carbocycles. The van der Waals surface area contributed by atoms with Crippen molar-refractivity contribution in [3.63, 3.8) is 0 Å². The number of ether oxygens (including phenoxy) is 3. The third-order valence-corrected chi connectivity index (χ3v) is 3.87. The Morgan fingerprint density at radius 2 is 1.65 bits per heavy atom. The number of rotatable bonds is 5. The molecule has 0 amide bonds. The fourth-order valence-corrected chi connectivity index (χ4v) is 2.69. The second-order valence-corrected chi connectivity index (χ2v) is 4.92. The molecule has 1 atom stereocenters. The van der Waals surface area contributed by atoms with Gasteiger partial charge in [0.25, 0.3) is 0 Å². The van der Waals surface area contributed by atoms with Gasteiger partial charge in [-0.05, 0) is 11.4 Å². The molecule has 0 fully saturated rings. The summed E-state index contributed by atoms with van der Waals surface area (Å²) in [4.78, 5) is 1.06. The summed E-state index contributed by atoms with van der Waals surface area (Å²) >= 11 is 1.61. The predicted octanol–water partition coefficient (Wildman–Crippen LogP) is 3.24. The Morgan fingerprint density at radius 1 is 1.05 bits per heavy atom. The minimum absolute atomic E-state index is 0. The van der Waals surface area contributed by atoms with Gasteiger partial charge in [0.05, 0.1) is 32.9 Å². The molecule has 110 valence electrons. The van der Waals surface area contributed by atoms with Crippen molar-refractivity contribution in [2.75, 3.05) is 21.3 Å². The first-order valence-corrected chi connectivity index (χ1v) is 6.68. The van der Waals surface area contributed by atoms with E-state index < -0.39 is 0 Å². The topological polar surface area (TPSA) is 53.7 Å². The minimum atomic E-state index is -0.282. The minimum Gasteiger partial charge on any atom is -0.496 e. The van der Waals surface area contributed by atoms with Crippen molar-refractivity contribution in [3.05, 3.63) is 40.1 Å². The summed E-state index contributed by atoms with van der Waals surface area (Å²) in [6.07, 6.45) is 0. The van der Waals surface area contributed by atoms with Gasteiger partial charge in [0.2, 0.25) is 0 Å². The first-order valence-electron chi connectivity index (χ1n) is 5.80. The SMILES string of the molecule is COc1cc(OC)c([C@H](N)c2cccs2)c(OC)c1.Cl. The molecule has 0 unspecified atom stereocenters. The van der Waals surface area contributed by atoms with Crippen LogP contribution in [-0.4, -0.2) is 21.3 Å². The number of hydrogen-bond donors (Lipinski definition) is 1. The lowest BCUT2D eigenvalue weighted by Crippen LogP contribution is -2.13. The molecular formula is C14H18ClNO3S. The molecule has 0 radical (unpaired) electrons. The van der Waals surface area contributed by atoms with Gasteiger partial charge in [-0.3, -0.25) is 0 Å². The van der Waals surface area contributed by atoms with E-state index in [1.807, 2.05) is 29.6 Å². The van der Waals surface area contributed by atoms with Crippen LogP contribution in [0.25, 0.3) is 0 Å². The maximum Gasteiger partial charge on any atom is 0.131 e. The molecule has 0 bridgehead atoms. The van der Waals surface area contributed by atoms with E-state index in [4.69, 9.17) is 19.9 Å². The van der Waals surface area contributed by atoms with Crippen LogP contribution in [0.5, 0.6) is 17.2 Å². The average Bonchev–Trinajstić information content (AvgIpc) is 2.99. The zero-order valence-electron chi connectivity index (χ0n) is 11.6. The molecule has 0 spiro atoms. The van der Waals surface area contributed by atoms with Crippen LogP contribution in [0.2, 0.25) is 0 Å². The van der Waals surface area contributed by atoms with Gasteiger partial charge in [-0.15, -0.1) is 23.7 Å². The van der Waals surface area contributed by atoms with E-state index in [-0.39, 0.29) is 18.4 Å². The van der Waals surface area contributed by atoms with Gasteiger partial charge in [-0.25, -0.2) is 0 Å². The summed E-state index contributed by atoms with van der Waals surface area (Å²) in [7, 11) is 4.82. The van der Waals surface area contributed by atoms with Crippen LogP contribution < -0.4 is 19.9 Å². The van der Waals surface area contributed by atoms with Crippen molar-refractivity contribution in [1.29, 1.82) is 0 Å². The summed E-state index contributed by atoms with van der Waals surface area (Å²) in [6.45, 7) is 0. The molecule has 20 heavy (non-hydrogen) atoms. The van der Waals surface area contributed by atoms with Crippen LogP contribution in [0.15, 0.2) is 29.6 Å². The Balaban J connectivity index is 0.00000200. The van der Waals surface area contributed by atoms with Crippen molar-refractivity contribution >= 4 is 23.7 Å². The van der Waals surface area contributed by atoms with E-state index in [2.05, 4.69) is 0 Å². The van der Waals surface area contributed by atoms with Crippen LogP contribution in [0.3, 0.4) is 0 Å². The maximum atomic E-state index is 6.31. The van der Waals surface area contributed by atoms with Gasteiger partial charge in [0.15, 0.2) is 0 Å². The number of nitrogens with two attached hydrogens (primary N) is 1. The third-order valence-electron chi connectivity index (χ3n) is 2.91. The zero-order chi connectivity index (χ0) is 13.8. The average molecular weight is 316 g/mol. The Bertz CT molecular complexity index is 520. The summed E-state index contributed by atoms with van der Waals surface area (Å²) in [5.74, 6) is 2.00. The van der Waals surface area contributed by atoms with Crippen LogP contribution in [0, 0.1) is 0 Å². The smallest absolute Gasteiger partial charge is 0.131 e. The van der Waals surface area contributed by atoms with Crippen molar-refractivity contribution in [3.8, 4) is 17.2 Å². The lowest BCUT2D eigenvalue weighted by Gasteiger charge is -2.19. The van der Waals surface area contributed by atoms with Crippen molar-refractivity contribution < 1.29 is 14.2 Å². The first-order chi connectivity index (χ1) is 9.21. The van der Waals surface area contributed by atoms with Crippen LogP contribution in [0.4, 0.5) is 0 Å². The van der Waals surface area contributed by atoms with Crippen molar-refractivity contribution in [1.82, 2.24) is 0 Å². The number of hydrogen-bond acceptors (Lipinski definition) is 5. The summed E-state index contributed by atoms with van der Waals surface area (Å²) in [5.41, 5.74) is 7.14. The summed E-state index contributed by atoms with van der Waals surface area (Å²) < 4.78 is 16.1. The van der Waals surface area contributed by atoms with E-state index in [0.29, 0.717) is 17.2 Å². The van der Waals surface area contributed by atoms with Gasteiger partial charge in [0, 0.05) is 17.0 Å². The second-order valence-electron chi connectivity index (χ2n) is 3.94. The number of halogens is 1. The van der Waals surface area contributed by atoms with Crippen molar-refractivity contribution in [2.24, 2.45) is 5.73 Å². The Hall–Kier alpha value is -1.43. The molecule has 1 aromatic heterocycles. The quantitative estimate of drug-likeness (QED) is 0.920. The van der Waals surface area contributed by atoms with Crippen LogP contribution in [-0.2, 0) is 0 Å². The predicted molar refractivity (Wildman–Crippen MR) is 83.7 cm³/mol. The van der Waals surface area contributed by atoms with Gasteiger partial charge in [-0.2, -0.15) is 0 Å². The fourth-order valence-electron chi connectivity index (χ4n) is 1.95. The Labute approximate surface area is 128 Å². The number of methoxy groups -OCH3 is 3. The number of benzene rings is 1. The summed E-state index contributed by atoms with van der Waals surface area (Å²) in [6, 6.07) is 7.31. The first kappa shape index (κ1) is 16.6. The third kappa shape index (κ3) is 3.17. The molecule has 0 aliphatic rings. The van der Waals surface area contributed by atoms with Crippen molar-refractivity contribution in [2.45, 2.75) is 6.04 Å². The molecule has 0 aliphatic heterocycles. The zero-order valence-corrected chi connectivity index (χ0v) is 13.2. The molecule has 2 rings (SSSR count). The Kier molecular flexibility index (Phi) is 6.13. The molecule has 6 heteroatoms. The van der Waals surface area contributed by atoms with Gasteiger partial charge in [-0.1, -0.05) is 6.07 Å². The van der Waals surface area contributed by atoms with Gasteiger partial charge < -0.3 is 19.9 Å². The molecule has 0 saturated heterocycles. The maximum absolute atomic E-state index is 6.31. The molecule has 0 saturated carbocycles. The van der Waals surface area contributed by atoms with Crippen LogP contribution in [0.1, 0.15) is 16.5 Å². The highest BCUT2D eigenvalue weighted by molar-refractivity contribution is 7.10. The molecule has 1 heterocycles. The molecule has 4 nitrogen and oxygen atoms in total. The molecule has 2 N–H and O–H groups in total. The van der Waals surface area contributed by atoms with Gasteiger partial charge >= 0.3 is 0 Å². The highest BCUT2D eigenvalue weighted by Crippen LogP contribution is 2.40. The standard InChI is InChI=1S/C14H17NO3S.ClH/c1-16-9-7-10(17-2)13(11(8-9)18-3)14(15)12-5-4-6-19-12;/h4-8,14H,15H2,1-3H3;1H/t14-;/m1./s1. The van der Waals surface area contributed by atoms with E-state index in [0.717, 1.165) is 10.4 Å². The lowest BCUT2D eigenvalue weighted by molar-refractivity contribution is 0.367.